The number of aromatic nitrogens is 1. The Morgan fingerprint density at radius 3 is 2.67 bits per heavy atom. The summed E-state index contributed by atoms with van der Waals surface area (Å²) >= 11 is 5.73. The SMILES string of the molecule is O=C(O)c1ccc(Cl)nc1NCCCCCCO. The molecule has 100 valence electrons. The van der Waals surface area contributed by atoms with Crippen LogP contribution in [-0.4, -0.2) is 34.3 Å². The van der Waals surface area contributed by atoms with Crippen molar-refractivity contribution >= 4 is 23.4 Å². The van der Waals surface area contributed by atoms with Gasteiger partial charge in [-0.1, -0.05) is 24.4 Å². The van der Waals surface area contributed by atoms with Gasteiger partial charge < -0.3 is 15.5 Å². The molecule has 0 aliphatic rings. The number of carboxylic acids is 1. The molecule has 18 heavy (non-hydrogen) atoms. The van der Waals surface area contributed by atoms with Crippen LogP contribution in [0.4, 0.5) is 5.82 Å². The summed E-state index contributed by atoms with van der Waals surface area (Å²) in [7, 11) is 0. The van der Waals surface area contributed by atoms with E-state index in [2.05, 4.69) is 10.3 Å². The highest BCUT2D eigenvalue weighted by Crippen LogP contribution is 2.16. The first-order valence-electron chi connectivity index (χ1n) is 5.89. The standard InChI is InChI=1S/C12H17ClN2O3/c13-10-6-5-9(12(17)18)11(15-10)14-7-3-1-2-4-8-16/h5-6,16H,1-4,7-8H2,(H,14,15)(H,17,18). The first-order valence-corrected chi connectivity index (χ1v) is 6.27. The van der Waals surface area contributed by atoms with Crippen molar-refractivity contribution in [2.24, 2.45) is 0 Å². The van der Waals surface area contributed by atoms with Crippen molar-refractivity contribution in [3.63, 3.8) is 0 Å². The fraction of sp³-hybridized carbons (Fsp3) is 0.500. The molecule has 3 N–H and O–H groups in total. The van der Waals surface area contributed by atoms with E-state index in [1.54, 1.807) is 0 Å². The number of anilines is 1. The van der Waals surface area contributed by atoms with Gasteiger partial charge in [0.25, 0.3) is 0 Å². The Balaban J connectivity index is 2.45. The van der Waals surface area contributed by atoms with E-state index >= 15 is 0 Å². The first-order chi connectivity index (χ1) is 8.65. The minimum Gasteiger partial charge on any atom is -0.478 e. The maximum Gasteiger partial charge on any atom is 0.339 e. The van der Waals surface area contributed by atoms with Crippen molar-refractivity contribution in [1.82, 2.24) is 4.98 Å². The summed E-state index contributed by atoms with van der Waals surface area (Å²) in [6.45, 7) is 0.853. The smallest absolute Gasteiger partial charge is 0.339 e. The zero-order chi connectivity index (χ0) is 13.4. The Hall–Kier alpha value is -1.33. The number of halogens is 1. The van der Waals surface area contributed by atoms with Gasteiger partial charge >= 0.3 is 5.97 Å². The van der Waals surface area contributed by atoms with Crippen LogP contribution in [-0.2, 0) is 0 Å². The van der Waals surface area contributed by atoms with Gasteiger partial charge in [-0.15, -0.1) is 0 Å². The van der Waals surface area contributed by atoms with Gasteiger partial charge in [-0.25, -0.2) is 9.78 Å². The highest BCUT2D eigenvalue weighted by atomic mass is 35.5. The predicted octanol–water partition coefficient (Wildman–Crippen LogP) is 2.40. The molecule has 0 aliphatic carbocycles. The number of aliphatic hydroxyl groups is 1. The molecule has 5 nitrogen and oxygen atoms in total. The summed E-state index contributed by atoms with van der Waals surface area (Å²) in [6.07, 6.45) is 3.65. The van der Waals surface area contributed by atoms with Gasteiger partial charge in [0, 0.05) is 13.2 Å². The van der Waals surface area contributed by atoms with Crippen LogP contribution in [0.1, 0.15) is 36.0 Å². The highest BCUT2D eigenvalue weighted by Gasteiger charge is 2.11. The minimum absolute atomic E-state index is 0.120. The van der Waals surface area contributed by atoms with Gasteiger partial charge in [0.2, 0.25) is 0 Å². The van der Waals surface area contributed by atoms with Crippen LogP contribution in [0.15, 0.2) is 12.1 Å². The molecule has 0 fully saturated rings. The van der Waals surface area contributed by atoms with Crippen molar-refractivity contribution in [3.8, 4) is 0 Å². The normalized spacial score (nSPS) is 10.3. The largest absolute Gasteiger partial charge is 0.478 e. The molecule has 6 heteroatoms. The summed E-state index contributed by atoms with van der Waals surface area (Å²) in [5.41, 5.74) is 0.120. The molecule has 0 radical (unpaired) electrons. The molecule has 0 unspecified atom stereocenters. The Kier molecular flexibility index (Phi) is 6.46. The van der Waals surface area contributed by atoms with E-state index in [-0.39, 0.29) is 17.3 Å². The maximum absolute atomic E-state index is 11.0. The van der Waals surface area contributed by atoms with Gasteiger partial charge in [0.1, 0.15) is 16.5 Å². The zero-order valence-electron chi connectivity index (χ0n) is 10.0. The van der Waals surface area contributed by atoms with Crippen molar-refractivity contribution in [2.45, 2.75) is 25.7 Å². The molecule has 0 spiro atoms. The highest BCUT2D eigenvalue weighted by molar-refractivity contribution is 6.29. The average molecular weight is 273 g/mol. The van der Waals surface area contributed by atoms with Crippen LogP contribution in [0.25, 0.3) is 0 Å². The molecular formula is C12H17ClN2O3. The zero-order valence-corrected chi connectivity index (χ0v) is 10.8. The summed E-state index contributed by atoms with van der Waals surface area (Å²) < 4.78 is 0. The molecule has 1 rings (SSSR count). The van der Waals surface area contributed by atoms with Gasteiger partial charge in [-0.2, -0.15) is 0 Å². The maximum atomic E-state index is 11.0. The van der Waals surface area contributed by atoms with Crippen molar-refractivity contribution in [3.05, 3.63) is 22.8 Å². The lowest BCUT2D eigenvalue weighted by Crippen LogP contribution is -2.09. The summed E-state index contributed by atoms with van der Waals surface area (Å²) in [6, 6.07) is 2.89. The van der Waals surface area contributed by atoms with Crippen molar-refractivity contribution in [2.75, 3.05) is 18.5 Å². The molecule has 1 heterocycles. The minimum atomic E-state index is -1.03. The number of pyridine rings is 1. The third-order valence-electron chi connectivity index (χ3n) is 2.47. The average Bonchev–Trinajstić information content (AvgIpc) is 2.33. The second kappa shape index (κ2) is 7.89. The van der Waals surface area contributed by atoms with Crippen LogP contribution in [0, 0.1) is 0 Å². The van der Waals surface area contributed by atoms with Crippen LogP contribution in [0.5, 0.6) is 0 Å². The predicted molar refractivity (Wildman–Crippen MR) is 70.2 cm³/mol. The molecule has 0 saturated heterocycles. The number of carboxylic acid groups (broad SMARTS) is 1. The van der Waals surface area contributed by atoms with E-state index in [4.69, 9.17) is 21.8 Å². The first kappa shape index (κ1) is 14.7. The van der Waals surface area contributed by atoms with Gasteiger partial charge in [0.05, 0.1) is 0 Å². The number of rotatable bonds is 8. The van der Waals surface area contributed by atoms with Gasteiger partial charge in [-0.05, 0) is 25.0 Å². The Bertz CT molecular complexity index is 399. The fourth-order valence-electron chi connectivity index (χ4n) is 1.54. The van der Waals surface area contributed by atoms with Crippen molar-refractivity contribution < 1.29 is 15.0 Å². The van der Waals surface area contributed by atoms with E-state index < -0.39 is 5.97 Å². The fourth-order valence-corrected chi connectivity index (χ4v) is 1.69. The second-order valence-corrected chi connectivity index (χ2v) is 4.29. The molecule has 1 aromatic heterocycles. The number of nitrogens with one attached hydrogen (secondary N) is 1. The van der Waals surface area contributed by atoms with Crippen LogP contribution < -0.4 is 5.32 Å². The summed E-state index contributed by atoms with van der Waals surface area (Å²) in [5.74, 6) is -0.723. The van der Waals surface area contributed by atoms with Crippen LogP contribution >= 0.6 is 11.6 Å². The van der Waals surface area contributed by atoms with Gasteiger partial charge in [0.15, 0.2) is 0 Å². The summed E-state index contributed by atoms with van der Waals surface area (Å²) in [4.78, 5) is 14.9. The number of hydrogen-bond acceptors (Lipinski definition) is 4. The summed E-state index contributed by atoms with van der Waals surface area (Å²) in [5, 5.41) is 20.8. The quantitative estimate of drug-likeness (QED) is 0.500. The van der Waals surface area contributed by atoms with E-state index in [1.807, 2.05) is 0 Å². The van der Waals surface area contributed by atoms with E-state index in [0.29, 0.717) is 12.4 Å². The Morgan fingerprint density at radius 2 is 2.00 bits per heavy atom. The van der Waals surface area contributed by atoms with Gasteiger partial charge in [-0.3, -0.25) is 0 Å². The van der Waals surface area contributed by atoms with Crippen LogP contribution in [0.3, 0.4) is 0 Å². The number of unbranched alkanes of at least 4 members (excludes halogenated alkanes) is 3. The molecule has 0 amide bonds. The molecule has 0 aromatic carbocycles. The number of carbonyl (C=O) groups is 1. The monoisotopic (exact) mass is 272 g/mol. The lowest BCUT2D eigenvalue weighted by Gasteiger charge is -2.08. The topological polar surface area (TPSA) is 82.5 Å². The number of hydrogen-bond donors (Lipinski definition) is 3. The molecule has 0 aliphatic heterocycles. The Morgan fingerprint density at radius 1 is 1.28 bits per heavy atom. The van der Waals surface area contributed by atoms with E-state index in [0.717, 1.165) is 25.7 Å². The second-order valence-electron chi connectivity index (χ2n) is 3.90. The molecule has 0 atom stereocenters. The number of aliphatic hydroxyl groups excluding tert-OH is 1. The lowest BCUT2D eigenvalue weighted by molar-refractivity contribution is 0.0697. The van der Waals surface area contributed by atoms with E-state index in [1.165, 1.54) is 12.1 Å². The number of nitrogens with zero attached hydrogens (tertiary/aromatic N) is 1. The Labute approximate surface area is 111 Å². The molecule has 1 aromatic rings. The third kappa shape index (κ3) is 4.89. The number of aromatic carboxylic acids is 1. The molecular weight excluding hydrogens is 256 g/mol. The lowest BCUT2D eigenvalue weighted by atomic mass is 10.2. The van der Waals surface area contributed by atoms with E-state index in [9.17, 15) is 4.79 Å². The molecule has 0 bridgehead atoms. The van der Waals surface area contributed by atoms with Crippen LogP contribution in [0.2, 0.25) is 5.15 Å². The van der Waals surface area contributed by atoms with Crippen molar-refractivity contribution in [1.29, 1.82) is 0 Å². The third-order valence-corrected chi connectivity index (χ3v) is 2.68. The molecule has 0 saturated carbocycles.